The molecule has 0 saturated carbocycles. The van der Waals surface area contributed by atoms with Gasteiger partial charge in [0.2, 0.25) is 5.91 Å². The van der Waals surface area contributed by atoms with Gasteiger partial charge in [0.1, 0.15) is 10.6 Å². The van der Waals surface area contributed by atoms with E-state index >= 15 is 0 Å². The van der Waals surface area contributed by atoms with E-state index in [1.807, 2.05) is 17.5 Å². The molecule has 1 N–H and O–H groups in total. The molecule has 3 rings (SSSR count). The number of hydrogen-bond donors (Lipinski definition) is 1. The third-order valence-electron chi connectivity index (χ3n) is 5.19. The standard InChI is InChI=1S/C26H29NO3S/c1-4-19-13-15-21(16-14-19)22-17-31-25(24(22)26(29)30-5-2)27-23(28)8-6-7-20-11-9-18(3)10-12-20/h9-17H,4-8H2,1-3H3,(H,27,28). The van der Waals surface area contributed by atoms with Crippen molar-refractivity contribution < 1.29 is 14.3 Å². The van der Waals surface area contributed by atoms with Gasteiger partial charge in [0.05, 0.1) is 6.61 Å². The highest BCUT2D eigenvalue weighted by Crippen LogP contribution is 2.36. The maximum Gasteiger partial charge on any atom is 0.341 e. The van der Waals surface area contributed by atoms with Crippen molar-refractivity contribution in [3.63, 3.8) is 0 Å². The van der Waals surface area contributed by atoms with Gasteiger partial charge in [-0.15, -0.1) is 11.3 Å². The van der Waals surface area contributed by atoms with Gasteiger partial charge in [0.25, 0.3) is 0 Å². The summed E-state index contributed by atoms with van der Waals surface area (Å²) in [5.74, 6) is -0.499. The van der Waals surface area contributed by atoms with Crippen LogP contribution in [0, 0.1) is 6.92 Å². The van der Waals surface area contributed by atoms with E-state index in [4.69, 9.17) is 4.74 Å². The number of carbonyl (C=O) groups excluding carboxylic acids is 2. The van der Waals surface area contributed by atoms with Crippen LogP contribution in [0.5, 0.6) is 0 Å². The van der Waals surface area contributed by atoms with E-state index in [1.165, 1.54) is 28.0 Å². The summed E-state index contributed by atoms with van der Waals surface area (Å²) in [7, 11) is 0. The molecule has 4 nitrogen and oxygen atoms in total. The fraction of sp³-hybridized carbons (Fsp3) is 0.308. The molecule has 0 fully saturated rings. The smallest absolute Gasteiger partial charge is 0.341 e. The average Bonchev–Trinajstić information content (AvgIpc) is 3.19. The first kappa shape index (κ1) is 22.8. The van der Waals surface area contributed by atoms with Crippen molar-refractivity contribution >= 4 is 28.2 Å². The molecule has 0 spiro atoms. The number of ether oxygens (including phenoxy) is 1. The molecule has 0 unspecified atom stereocenters. The van der Waals surface area contributed by atoms with Crippen molar-refractivity contribution in [2.75, 3.05) is 11.9 Å². The Hall–Kier alpha value is -2.92. The second-order valence-corrected chi connectivity index (χ2v) is 8.39. The van der Waals surface area contributed by atoms with E-state index in [0.717, 1.165) is 30.4 Å². The number of amides is 1. The Labute approximate surface area is 188 Å². The van der Waals surface area contributed by atoms with E-state index in [1.54, 1.807) is 6.92 Å². The Kier molecular flexibility index (Phi) is 8.01. The number of esters is 1. The van der Waals surface area contributed by atoms with Gasteiger partial charge in [0.15, 0.2) is 0 Å². The molecule has 162 valence electrons. The van der Waals surface area contributed by atoms with Crippen LogP contribution in [0.15, 0.2) is 53.9 Å². The van der Waals surface area contributed by atoms with E-state index in [9.17, 15) is 9.59 Å². The Bertz CT molecular complexity index is 1020. The Morgan fingerprint density at radius 2 is 1.65 bits per heavy atom. The Morgan fingerprint density at radius 3 is 2.29 bits per heavy atom. The lowest BCUT2D eigenvalue weighted by Crippen LogP contribution is -2.14. The van der Waals surface area contributed by atoms with Gasteiger partial charge in [-0.1, -0.05) is 61.0 Å². The predicted octanol–water partition coefficient (Wildman–Crippen LogP) is 6.42. The van der Waals surface area contributed by atoms with Crippen molar-refractivity contribution in [1.29, 1.82) is 0 Å². The molecule has 0 aliphatic heterocycles. The first-order valence-corrected chi connectivity index (χ1v) is 11.6. The topological polar surface area (TPSA) is 55.4 Å². The maximum atomic E-state index is 12.7. The number of thiophene rings is 1. The first-order valence-electron chi connectivity index (χ1n) is 10.7. The Morgan fingerprint density at radius 1 is 0.968 bits per heavy atom. The van der Waals surface area contributed by atoms with Crippen molar-refractivity contribution in [2.24, 2.45) is 0 Å². The van der Waals surface area contributed by atoms with Gasteiger partial charge in [0, 0.05) is 17.4 Å². The minimum absolute atomic E-state index is 0.0904. The summed E-state index contributed by atoms with van der Waals surface area (Å²) in [6, 6.07) is 16.5. The van der Waals surface area contributed by atoms with Gasteiger partial charge in [-0.05, 0) is 49.8 Å². The summed E-state index contributed by atoms with van der Waals surface area (Å²) in [5.41, 5.74) is 5.85. The van der Waals surface area contributed by atoms with Crippen molar-refractivity contribution in [1.82, 2.24) is 0 Å². The molecule has 3 aromatic rings. The third-order valence-corrected chi connectivity index (χ3v) is 6.08. The normalized spacial score (nSPS) is 10.7. The number of benzene rings is 2. The summed E-state index contributed by atoms with van der Waals surface area (Å²) in [5, 5.41) is 5.40. The number of aryl methyl sites for hydroxylation is 3. The zero-order valence-electron chi connectivity index (χ0n) is 18.4. The van der Waals surface area contributed by atoms with Crippen molar-refractivity contribution in [3.8, 4) is 11.1 Å². The lowest BCUT2D eigenvalue weighted by atomic mass is 10.0. The summed E-state index contributed by atoms with van der Waals surface area (Å²) in [6.07, 6.45) is 2.95. The van der Waals surface area contributed by atoms with Crippen LogP contribution in [0.25, 0.3) is 11.1 Å². The maximum absolute atomic E-state index is 12.7. The Balaban J connectivity index is 1.71. The highest BCUT2D eigenvalue weighted by molar-refractivity contribution is 7.15. The molecular weight excluding hydrogens is 406 g/mol. The zero-order valence-corrected chi connectivity index (χ0v) is 19.2. The van der Waals surface area contributed by atoms with E-state index in [-0.39, 0.29) is 12.5 Å². The van der Waals surface area contributed by atoms with Crippen LogP contribution in [0.1, 0.15) is 53.7 Å². The molecule has 31 heavy (non-hydrogen) atoms. The number of carbonyl (C=O) groups is 2. The predicted molar refractivity (Wildman–Crippen MR) is 128 cm³/mol. The van der Waals surface area contributed by atoms with Crippen LogP contribution >= 0.6 is 11.3 Å². The number of rotatable bonds is 9. The quantitative estimate of drug-likeness (QED) is 0.394. The van der Waals surface area contributed by atoms with Crippen LogP contribution < -0.4 is 5.32 Å². The van der Waals surface area contributed by atoms with Crippen LogP contribution in [0.2, 0.25) is 0 Å². The summed E-state index contributed by atoms with van der Waals surface area (Å²) in [4.78, 5) is 25.2. The third kappa shape index (κ3) is 6.05. The van der Waals surface area contributed by atoms with Crippen LogP contribution in [0.4, 0.5) is 5.00 Å². The van der Waals surface area contributed by atoms with E-state index < -0.39 is 5.97 Å². The minimum atomic E-state index is -0.409. The average molecular weight is 436 g/mol. The zero-order chi connectivity index (χ0) is 22.2. The number of anilines is 1. The number of hydrogen-bond acceptors (Lipinski definition) is 4. The number of nitrogens with one attached hydrogen (secondary N) is 1. The SMILES string of the molecule is CCOC(=O)c1c(-c2ccc(CC)cc2)csc1NC(=O)CCCc1ccc(C)cc1. The molecule has 0 saturated heterocycles. The molecule has 0 radical (unpaired) electrons. The second kappa shape index (κ2) is 10.9. The molecule has 1 amide bonds. The van der Waals surface area contributed by atoms with Crippen molar-refractivity contribution in [3.05, 3.63) is 76.2 Å². The van der Waals surface area contributed by atoms with Gasteiger partial charge < -0.3 is 10.1 Å². The molecule has 1 heterocycles. The molecule has 0 aliphatic rings. The molecule has 0 atom stereocenters. The van der Waals surface area contributed by atoms with Gasteiger partial charge in [-0.25, -0.2) is 4.79 Å². The molecule has 1 aromatic heterocycles. The fourth-order valence-electron chi connectivity index (χ4n) is 3.39. The highest BCUT2D eigenvalue weighted by atomic mass is 32.1. The van der Waals surface area contributed by atoms with Gasteiger partial charge >= 0.3 is 5.97 Å². The van der Waals surface area contributed by atoms with Crippen LogP contribution in [0.3, 0.4) is 0 Å². The van der Waals surface area contributed by atoms with Gasteiger partial charge in [-0.2, -0.15) is 0 Å². The van der Waals surface area contributed by atoms with Crippen LogP contribution in [-0.2, 0) is 22.4 Å². The molecular formula is C26H29NO3S. The monoisotopic (exact) mass is 435 g/mol. The molecule has 2 aromatic carbocycles. The summed E-state index contributed by atoms with van der Waals surface area (Å²) < 4.78 is 5.28. The van der Waals surface area contributed by atoms with E-state index in [0.29, 0.717) is 17.0 Å². The first-order chi connectivity index (χ1) is 15.0. The lowest BCUT2D eigenvalue weighted by molar-refractivity contribution is -0.116. The van der Waals surface area contributed by atoms with E-state index in [2.05, 4.69) is 55.6 Å². The fourth-order valence-corrected chi connectivity index (χ4v) is 4.36. The lowest BCUT2D eigenvalue weighted by Gasteiger charge is -2.09. The molecule has 0 bridgehead atoms. The molecule has 0 aliphatic carbocycles. The summed E-state index contributed by atoms with van der Waals surface area (Å²) in [6.45, 7) is 6.23. The largest absolute Gasteiger partial charge is 0.462 e. The second-order valence-electron chi connectivity index (χ2n) is 7.51. The molecule has 5 heteroatoms. The minimum Gasteiger partial charge on any atom is -0.462 e. The van der Waals surface area contributed by atoms with Crippen LogP contribution in [-0.4, -0.2) is 18.5 Å². The summed E-state index contributed by atoms with van der Waals surface area (Å²) >= 11 is 1.36. The van der Waals surface area contributed by atoms with Gasteiger partial charge in [-0.3, -0.25) is 4.79 Å². The highest BCUT2D eigenvalue weighted by Gasteiger charge is 2.22. The van der Waals surface area contributed by atoms with Crippen molar-refractivity contribution in [2.45, 2.75) is 46.5 Å².